The van der Waals surface area contributed by atoms with Crippen LogP contribution in [0.1, 0.15) is 37.5 Å². The molecule has 0 aliphatic carbocycles. The third-order valence-electron chi connectivity index (χ3n) is 3.73. The molecule has 1 aromatic carbocycles. The van der Waals surface area contributed by atoms with Gasteiger partial charge in [0.25, 0.3) is 0 Å². The maximum absolute atomic E-state index is 12.5. The molecule has 1 N–H and O–H groups in total. The van der Waals surface area contributed by atoms with Crippen molar-refractivity contribution in [3.8, 4) is 0 Å². The Hall–Kier alpha value is -1.07. The lowest BCUT2D eigenvalue weighted by Crippen LogP contribution is -2.34. The van der Waals surface area contributed by atoms with E-state index in [0.29, 0.717) is 25.1 Å². The molecule has 1 aromatic rings. The SMILES string of the molecule is CC(C)C1CCOC(c2ccc(C(F)(F)F)cc2)CN1. The molecule has 0 aromatic heterocycles. The molecule has 1 heterocycles. The van der Waals surface area contributed by atoms with Gasteiger partial charge in [-0.25, -0.2) is 0 Å². The van der Waals surface area contributed by atoms with E-state index in [2.05, 4.69) is 19.2 Å². The summed E-state index contributed by atoms with van der Waals surface area (Å²) in [5.41, 5.74) is 0.165. The molecule has 5 heteroatoms. The van der Waals surface area contributed by atoms with Crippen LogP contribution >= 0.6 is 0 Å². The summed E-state index contributed by atoms with van der Waals surface area (Å²) in [6.07, 6.45) is -3.54. The molecule has 0 amide bonds. The second kappa shape index (κ2) is 6.14. The first-order valence-electron chi connectivity index (χ1n) is 6.90. The second-order valence-electron chi connectivity index (χ2n) is 5.53. The normalized spacial score (nSPS) is 24.7. The van der Waals surface area contributed by atoms with Gasteiger partial charge in [0.15, 0.2) is 0 Å². The molecule has 2 rings (SSSR count). The van der Waals surface area contributed by atoms with Gasteiger partial charge in [0.05, 0.1) is 11.7 Å². The quantitative estimate of drug-likeness (QED) is 0.893. The van der Waals surface area contributed by atoms with Gasteiger partial charge in [-0.1, -0.05) is 26.0 Å². The van der Waals surface area contributed by atoms with Gasteiger partial charge in [-0.3, -0.25) is 0 Å². The highest BCUT2D eigenvalue weighted by Gasteiger charge is 2.30. The van der Waals surface area contributed by atoms with Crippen LogP contribution < -0.4 is 5.32 Å². The molecule has 0 bridgehead atoms. The van der Waals surface area contributed by atoms with Crippen LogP contribution in [0.15, 0.2) is 24.3 Å². The number of rotatable bonds is 2. The Morgan fingerprint density at radius 2 is 1.85 bits per heavy atom. The number of alkyl halides is 3. The minimum atomic E-state index is -4.29. The van der Waals surface area contributed by atoms with E-state index in [1.54, 1.807) is 0 Å². The Bertz CT molecular complexity index is 428. The largest absolute Gasteiger partial charge is 0.416 e. The molecular formula is C15H20F3NO. The predicted octanol–water partition coefficient (Wildman–Crippen LogP) is 3.78. The predicted molar refractivity (Wildman–Crippen MR) is 71.4 cm³/mol. The van der Waals surface area contributed by atoms with E-state index < -0.39 is 11.7 Å². The van der Waals surface area contributed by atoms with Crippen LogP contribution in [0.4, 0.5) is 13.2 Å². The van der Waals surface area contributed by atoms with Crippen molar-refractivity contribution in [2.45, 2.75) is 38.6 Å². The molecule has 2 atom stereocenters. The van der Waals surface area contributed by atoms with Crippen LogP contribution in [0, 0.1) is 5.92 Å². The average Bonchev–Trinajstić information content (AvgIpc) is 2.63. The summed E-state index contributed by atoms with van der Waals surface area (Å²) in [4.78, 5) is 0. The van der Waals surface area contributed by atoms with Crippen molar-refractivity contribution in [2.24, 2.45) is 5.92 Å². The Morgan fingerprint density at radius 3 is 2.40 bits per heavy atom. The van der Waals surface area contributed by atoms with Crippen molar-refractivity contribution in [2.75, 3.05) is 13.2 Å². The van der Waals surface area contributed by atoms with E-state index in [0.717, 1.165) is 24.1 Å². The average molecular weight is 287 g/mol. The van der Waals surface area contributed by atoms with Crippen LogP contribution in [-0.4, -0.2) is 19.2 Å². The lowest BCUT2D eigenvalue weighted by Gasteiger charge is -2.20. The molecule has 0 spiro atoms. The number of ether oxygens (including phenoxy) is 1. The molecule has 112 valence electrons. The summed E-state index contributed by atoms with van der Waals surface area (Å²) in [5, 5.41) is 3.43. The smallest absolute Gasteiger partial charge is 0.372 e. The van der Waals surface area contributed by atoms with E-state index in [1.807, 2.05) is 0 Å². The fraction of sp³-hybridized carbons (Fsp3) is 0.600. The molecule has 2 nitrogen and oxygen atoms in total. The number of nitrogens with one attached hydrogen (secondary N) is 1. The molecule has 1 fully saturated rings. The molecular weight excluding hydrogens is 267 g/mol. The van der Waals surface area contributed by atoms with Crippen LogP contribution in [0.2, 0.25) is 0 Å². The van der Waals surface area contributed by atoms with Crippen molar-refractivity contribution in [1.82, 2.24) is 5.32 Å². The Morgan fingerprint density at radius 1 is 1.20 bits per heavy atom. The van der Waals surface area contributed by atoms with Crippen molar-refractivity contribution in [3.63, 3.8) is 0 Å². The topological polar surface area (TPSA) is 21.3 Å². The van der Waals surface area contributed by atoms with E-state index in [4.69, 9.17) is 4.74 Å². The summed E-state index contributed by atoms with van der Waals surface area (Å²) >= 11 is 0. The van der Waals surface area contributed by atoms with Crippen LogP contribution in [-0.2, 0) is 10.9 Å². The number of benzene rings is 1. The molecule has 0 saturated carbocycles. The zero-order chi connectivity index (χ0) is 14.8. The maximum atomic E-state index is 12.5. The van der Waals surface area contributed by atoms with Gasteiger partial charge in [0.2, 0.25) is 0 Å². The Balaban J connectivity index is 2.05. The maximum Gasteiger partial charge on any atom is 0.416 e. The number of halogens is 3. The van der Waals surface area contributed by atoms with E-state index >= 15 is 0 Å². The second-order valence-corrected chi connectivity index (χ2v) is 5.53. The van der Waals surface area contributed by atoms with Gasteiger partial charge in [0, 0.05) is 19.2 Å². The Labute approximate surface area is 117 Å². The molecule has 1 aliphatic heterocycles. The van der Waals surface area contributed by atoms with Gasteiger partial charge in [-0.15, -0.1) is 0 Å². The zero-order valence-corrected chi connectivity index (χ0v) is 11.7. The molecule has 20 heavy (non-hydrogen) atoms. The molecule has 1 saturated heterocycles. The van der Waals surface area contributed by atoms with Crippen molar-refractivity contribution in [3.05, 3.63) is 35.4 Å². The van der Waals surface area contributed by atoms with Crippen LogP contribution in [0.5, 0.6) is 0 Å². The highest BCUT2D eigenvalue weighted by molar-refractivity contribution is 5.26. The number of hydrogen-bond acceptors (Lipinski definition) is 2. The highest BCUT2D eigenvalue weighted by atomic mass is 19.4. The summed E-state index contributed by atoms with van der Waals surface area (Å²) in [6, 6.07) is 5.64. The Kier molecular flexibility index (Phi) is 4.70. The monoisotopic (exact) mass is 287 g/mol. The van der Waals surface area contributed by atoms with Crippen molar-refractivity contribution >= 4 is 0 Å². The lowest BCUT2D eigenvalue weighted by molar-refractivity contribution is -0.137. The van der Waals surface area contributed by atoms with Gasteiger partial charge in [0.1, 0.15) is 0 Å². The zero-order valence-electron chi connectivity index (χ0n) is 11.7. The summed E-state index contributed by atoms with van der Waals surface area (Å²) in [6.45, 7) is 5.56. The molecule has 0 radical (unpaired) electrons. The molecule has 1 aliphatic rings. The van der Waals surface area contributed by atoms with Crippen molar-refractivity contribution in [1.29, 1.82) is 0 Å². The highest BCUT2D eigenvalue weighted by Crippen LogP contribution is 2.30. The van der Waals surface area contributed by atoms with E-state index in [9.17, 15) is 13.2 Å². The summed E-state index contributed by atoms with van der Waals surface area (Å²) in [7, 11) is 0. The van der Waals surface area contributed by atoms with Gasteiger partial charge < -0.3 is 10.1 Å². The first-order chi connectivity index (χ1) is 9.38. The van der Waals surface area contributed by atoms with Crippen molar-refractivity contribution < 1.29 is 17.9 Å². The third-order valence-corrected chi connectivity index (χ3v) is 3.73. The number of hydrogen-bond donors (Lipinski definition) is 1. The summed E-state index contributed by atoms with van der Waals surface area (Å²) < 4.78 is 43.3. The summed E-state index contributed by atoms with van der Waals surface area (Å²) in [5.74, 6) is 0.518. The van der Waals surface area contributed by atoms with E-state index in [-0.39, 0.29) is 6.10 Å². The van der Waals surface area contributed by atoms with Crippen LogP contribution in [0.3, 0.4) is 0 Å². The third kappa shape index (κ3) is 3.73. The standard InChI is InChI=1S/C15H20F3NO/c1-10(2)13-7-8-20-14(9-19-13)11-3-5-12(6-4-11)15(16,17)18/h3-6,10,13-14,19H,7-9H2,1-2H3. The lowest BCUT2D eigenvalue weighted by atomic mass is 10.0. The first kappa shape index (κ1) is 15.3. The first-order valence-corrected chi connectivity index (χ1v) is 6.90. The fourth-order valence-corrected chi connectivity index (χ4v) is 2.43. The fourth-order valence-electron chi connectivity index (χ4n) is 2.43. The van der Waals surface area contributed by atoms with E-state index in [1.165, 1.54) is 12.1 Å². The minimum absolute atomic E-state index is 0.180. The van der Waals surface area contributed by atoms with Crippen LogP contribution in [0.25, 0.3) is 0 Å². The minimum Gasteiger partial charge on any atom is -0.372 e. The van der Waals surface area contributed by atoms with Gasteiger partial charge in [-0.2, -0.15) is 13.2 Å². The van der Waals surface area contributed by atoms with Gasteiger partial charge in [-0.05, 0) is 30.0 Å². The molecule has 2 unspecified atom stereocenters. The van der Waals surface area contributed by atoms with Gasteiger partial charge >= 0.3 is 6.18 Å².